The second kappa shape index (κ2) is 3.93. The van der Waals surface area contributed by atoms with E-state index < -0.39 is 7.12 Å². The Kier molecular flexibility index (Phi) is 2.89. The molecule has 1 aromatic heterocycles. The van der Waals surface area contributed by atoms with Crippen LogP contribution in [0.5, 0.6) is 0 Å². The zero-order chi connectivity index (χ0) is 9.84. The maximum Gasteiger partial charge on any atom is 0.490 e. The fourth-order valence-corrected chi connectivity index (χ4v) is 0.880. The number of carbonyl (C=O) groups is 2. The van der Waals surface area contributed by atoms with E-state index in [1.807, 2.05) is 0 Å². The lowest BCUT2D eigenvalue weighted by molar-refractivity contribution is 0.111. The third-order valence-electron chi connectivity index (χ3n) is 1.49. The lowest BCUT2D eigenvalue weighted by Crippen LogP contribution is -2.34. The summed E-state index contributed by atoms with van der Waals surface area (Å²) in [5, 5.41) is 17.5. The van der Waals surface area contributed by atoms with Gasteiger partial charge in [0.25, 0.3) is 0 Å². The van der Waals surface area contributed by atoms with E-state index in [9.17, 15) is 9.59 Å². The summed E-state index contributed by atoms with van der Waals surface area (Å²) in [6.45, 7) is 0. The Hall–Kier alpha value is -1.53. The number of aromatic nitrogens is 1. The Morgan fingerprint density at radius 1 is 1.23 bits per heavy atom. The minimum atomic E-state index is -1.76. The molecule has 0 saturated carbocycles. The lowest BCUT2D eigenvalue weighted by atomic mass is 9.79. The first kappa shape index (κ1) is 9.56. The fourth-order valence-electron chi connectivity index (χ4n) is 0.880. The molecule has 0 aliphatic carbocycles. The lowest BCUT2D eigenvalue weighted by Gasteiger charge is -2.01. The van der Waals surface area contributed by atoms with E-state index in [0.717, 1.165) is 0 Å². The largest absolute Gasteiger partial charge is 0.490 e. The summed E-state index contributed by atoms with van der Waals surface area (Å²) in [4.78, 5) is 24.2. The minimum Gasteiger partial charge on any atom is -0.423 e. The van der Waals surface area contributed by atoms with E-state index in [2.05, 4.69) is 4.98 Å². The predicted molar refractivity (Wildman–Crippen MR) is 44.8 cm³/mol. The Bertz CT molecular complexity index is 339. The van der Waals surface area contributed by atoms with Crippen molar-refractivity contribution >= 4 is 25.2 Å². The third kappa shape index (κ3) is 1.98. The van der Waals surface area contributed by atoms with Crippen LogP contribution in [0.4, 0.5) is 0 Å². The highest BCUT2D eigenvalue weighted by atomic mass is 16.4. The van der Waals surface area contributed by atoms with Crippen molar-refractivity contribution in [1.29, 1.82) is 0 Å². The van der Waals surface area contributed by atoms with Gasteiger partial charge in [0.2, 0.25) is 0 Å². The van der Waals surface area contributed by atoms with Crippen LogP contribution in [0.15, 0.2) is 12.1 Å². The molecule has 66 valence electrons. The molecule has 6 heteroatoms. The molecule has 0 spiro atoms. The standard InChI is InChI=1S/C7H6BNO4/c10-3-5-1-2-6(8(12)13)7(4-11)9-5/h1-4,12-13H. The second-order valence-electron chi connectivity index (χ2n) is 2.32. The van der Waals surface area contributed by atoms with Crippen molar-refractivity contribution in [2.75, 3.05) is 0 Å². The topological polar surface area (TPSA) is 87.5 Å². The summed E-state index contributed by atoms with van der Waals surface area (Å²) in [6.07, 6.45) is 0.836. The van der Waals surface area contributed by atoms with E-state index in [1.165, 1.54) is 12.1 Å². The van der Waals surface area contributed by atoms with Crippen molar-refractivity contribution in [1.82, 2.24) is 4.98 Å². The van der Waals surface area contributed by atoms with Gasteiger partial charge in [-0.2, -0.15) is 0 Å². The maximum atomic E-state index is 10.4. The Balaban J connectivity index is 3.23. The van der Waals surface area contributed by atoms with Gasteiger partial charge in [-0.25, -0.2) is 4.98 Å². The van der Waals surface area contributed by atoms with Crippen LogP contribution in [0.3, 0.4) is 0 Å². The van der Waals surface area contributed by atoms with Gasteiger partial charge in [-0.15, -0.1) is 0 Å². The van der Waals surface area contributed by atoms with E-state index in [-0.39, 0.29) is 16.9 Å². The van der Waals surface area contributed by atoms with Crippen LogP contribution < -0.4 is 5.46 Å². The highest BCUT2D eigenvalue weighted by molar-refractivity contribution is 6.59. The zero-order valence-corrected chi connectivity index (χ0v) is 6.54. The van der Waals surface area contributed by atoms with E-state index >= 15 is 0 Å². The molecule has 2 N–H and O–H groups in total. The summed E-state index contributed by atoms with van der Waals surface area (Å²) >= 11 is 0. The Morgan fingerprint density at radius 2 is 1.92 bits per heavy atom. The van der Waals surface area contributed by atoms with E-state index in [1.54, 1.807) is 0 Å². The summed E-state index contributed by atoms with van der Waals surface area (Å²) in [6, 6.07) is 2.57. The summed E-state index contributed by atoms with van der Waals surface area (Å²) in [5.74, 6) is 0. The first-order chi connectivity index (χ1) is 6.19. The minimum absolute atomic E-state index is 0.0133. The van der Waals surface area contributed by atoms with E-state index in [0.29, 0.717) is 12.6 Å². The normalized spacial score (nSPS) is 9.38. The van der Waals surface area contributed by atoms with Gasteiger partial charge in [0.05, 0.1) is 0 Å². The number of carbonyl (C=O) groups excluding carboxylic acids is 2. The van der Waals surface area contributed by atoms with Gasteiger partial charge in [0, 0.05) is 5.46 Å². The van der Waals surface area contributed by atoms with Gasteiger partial charge < -0.3 is 10.0 Å². The molecule has 1 aromatic rings. The van der Waals surface area contributed by atoms with Gasteiger partial charge >= 0.3 is 7.12 Å². The van der Waals surface area contributed by atoms with Crippen LogP contribution in [-0.4, -0.2) is 34.7 Å². The number of hydrogen-bond acceptors (Lipinski definition) is 5. The van der Waals surface area contributed by atoms with Gasteiger partial charge in [0.15, 0.2) is 12.6 Å². The molecule has 0 atom stereocenters. The quantitative estimate of drug-likeness (QED) is 0.430. The van der Waals surface area contributed by atoms with Crippen LogP contribution in [0.25, 0.3) is 0 Å². The Labute approximate surface area is 74.2 Å². The molecule has 0 aliphatic rings. The van der Waals surface area contributed by atoms with Crippen molar-refractivity contribution in [3.05, 3.63) is 23.5 Å². The molecule has 1 heterocycles. The van der Waals surface area contributed by atoms with E-state index in [4.69, 9.17) is 10.0 Å². The molecule has 0 fully saturated rings. The SMILES string of the molecule is O=Cc1ccc(B(O)O)c(C=O)n1. The third-order valence-corrected chi connectivity index (χ3v) is 1.49. The first-order valence-corrected chi connectivity index (χ1v) is 3.46. The number of rotatable bonds is 3. The molecule has 0 amide bonds. The fraction of sp³-hybridized carbons (Fsp3) is 0. The van der Waals surface area contributed by atoms with Gasteiger partial charge in [-0.3, -0.25) is 9.59 Å². The van der Waals surface area contributed by atoms with Crippen molar-refractivity contribution < 1.29 is 19.6 Å². The molecule has 0 unspecified atom stereocenters. The summed E-state index contributed by atoms with van der Waals surface area (Å²) in [7, 11) is -1.76. The number of aldehydes is 2. The number of hydrogen-bond donors (Lipinski definition) is 2. The van der Waals surface area contributed by atoms with Crippen molar-refractivity contribution in [2.45, 2.75) is 0 Å². The van der Waals surface area contributed by atoms with Gasteiger partial charge in [0.1, 0.15) is 11.4 Å². The Morgan fingerprint density at radius 3 is 2.38 bits per heavy atom. The van der Waals surface area contributed by atoms with Crippen LogP contribution in [0.1, 0.15) is 21.0 Å². The second-order valence-corrected chi connectivity index (χ2v) is 2.32. The van der Waals surface area contributed by atoms with Crippen LogP contribution >= 0.6 is 0 Å². The molecule has 0 aliphatic heterocycles. The smallest absolute Gasteiger partial charge is 0.423 e. The van der Waals surface area contributed by atoms with Crippen molar-refractivity contribution in [3.63, 3.8) is 0 Å². The van der Waals surface area contributed by atoms with Crippen LogP contribution in [0, 0.1) is 0 Å². The highest BCUT2D eigenvalue weighted by Gasteiger charge is 2.16. The maximum absolute atomic E-state index is 10.4. The highest BCUT2D eigenvalue weighted by Crippen LogP contribution is 1.93. The van der Waals surface area contributed by atoms with Crippen molar-refractivity contribution in [2.24, 2.45) is 0 Å². The molecule has 0 aromatic carbocycles. The summed E-state index contributed by atoms with van der Waals surface area (Å²) in [5.41, 5.74) is -0.0771. The molecule has 0 bridgehead atoms. The van der Waals surface area contributed by atoms with Gasteiger partial charge in [-0.05, 0) is 6.07 Å². The molecular weight excluding hydrogens is 173 g/mol. The van der Waals surface area contributed by atoms with Crippen molar-refractivity contribution in [3.8, 4) is 0 Å². The zero-order valence-electron chi connectivity index (χ0n) is 6.54. The molecule has 0 saturated heterocycles. The number of pyridine rings is 1. The van der Waals surface area contributed by atoms with Crippen LogP contribution in [0.2, 0.25) is 0 Å². The average Bonchev–Trinajstić information content (AvgIpc) is 2.16. The first-order valence-electron chi connectivity index (χ1n) is 3.46. The number of nitrogens with zero attached hydrogens (tertiary/aromatic N) is 1. The molecule has 1 rings (SSSR count). The molecule has 0 radical (unpaired) electrons. The molecular formula is C7H6BNO4. The predicted octanol–water partition coefficient (Wildman–Crippen LogP) is -1.61. The van der Waals surface area contributed by atoms with Gasteiger partial charge in [-0.1, -0.05) is 6.07 Å². The average molecular weight is 179 g/mol. The van der Waals surface area contributed by atoms with Crippen LogP contribution in [-0.2, 0) is 0 Å². The molecule has 13 heavy (non-hydrogen) atoms. The molecule has 5 nitrogen and oxygen atoms in total. The summed E-state index contributed by atoms with van der Waals surface area (Å²) < 4.78 is 0. The monoisotopic (exact) mass is 179 g/mol.